The van der Waals surface area contributed by atoms with Crippen molar-refractivity contribution < 1.29 is 18.3 Å². The number of hydrogen-bond donors (Lipinski definition) is 3. The fourth-order valence-electron chi connectivity index (χ4n) is 1.41. The Bertz CT molecular complexity index is 313. The van der Waals surface area contributed by atoms with Crippen LogP contribution in [0.3, 0.4) is 0 Å². The molecule has 0 radical (unpaired) electrons. The van der Waals surface area contributed by atoms with Gasteiger partial charge in [0.15, 0.2) is 9.84 Å². The summed E-state index contributed by atoms with van der Waals surface area (Å²) in [4.78, 5) is 10.6. The quantitative estimate of drug-likeness (QED) is 0.452. The van der Waals surface area contributed by atoms with Crippen molar-refractivity contribution >= 4 is 15.7 Å². The molecule has 7 heteroatoms. The van der Waals surface area contributed by atoms with Gasteiger partial charge >= 0.3 is 0 Å². The molecule has 13 heavy (non-hydrogen) atoms. The third-order valence-electron chi connectivity index (χ3n) is 2.16. The zero-order valence-corrected chi connectivity index (χ0v) is 7.70. The van der Waals surface area contributed by atoms with Gasteiger partial charge in [-0.2, -0.15) is 0 Å². The highest BCUT2D eigenvalue weighted by atomic mass is 32.2. The largest absolute Gasteiger partial charge is 0.392 e. The van der Waals surface area contributed by atoms with Gasteiger partial charge in [0, 0.05) is 5.92 Å². The Morgan fingerprint density at radius 2 is 2.00 bits per heavy atom. The van der Waals surface area contributed by atoms with Gasteiger partial charge in [0.25, 0.3) is 0 Å². The van der Waals surface area contributed by atoms with E-state index in [1.54, 1.807) is 0 Å². The molecule has 0 aromatic carbocycles. The van der Waals surface area contributed by atoms with E-state index in [2.05, 4.69) is 0 Å². The van der Waals surface area contributed by atoms with Gasteiger partial charge < -0.3 is 16.6 Å². The van der Waals surface area contributed by atoms with Crippen LogP contribution < -0.4 is 11.5 Å². The Morgan fingerprint density at radius 1 is 1.46 bits per heavy atom. The van der Waals surface area contributed by atoms with Crippen LogP contribution >= 0.6 is 0 Å². The van der Waals surface area contributed by atoms with Crippen molar-refractivity contribution in [3.63, 3.8) is 0 Å². The first-order chi connectivity index (χ1) is 5.83. The minimum Gasteiger partial charge on any atom is -0.392 e. The second-order valence-corrected chi connectivity index (χ2v) is 5.39. The second-order valence-electron chi connectivity index (χ2n) is 3.24. The molecule has 1 aliphatic rings. The van der Waals surface area contributed by atoms with Crippen LogP contribution in [0.2, 0.25) is 0 Å². The van der Waals surface area contributed by atoms with Gasteiger partial charge in [-0.15, -0.1) is 0 Å². The maximum atomic E-state index is 11.0. The van der Waals surface area contributed by atoms with Crippen molar-refractivity contribution in [2.24, 2.45) is 17.4 Å². The zero-order chi connectivity index (χ0) is 10.2. The lowest BCUT2D eigenvalue weighted by molar-refractivity contribution is -0.121. The topological polar surface area (TPSA) is 123 Å². The van der Waals surface area contributed by atoms with Crippen molar-refractivity contribution in [3.8, 4) is 0 Å². The predicted octanol–water partition coefficient (Wildman–Crippen LogP) is -2.80. The monoisotopic (exact) mass is 208 g/mol. The van der Waals surface area contributed by atoms with Crippen LogP contribution in [-0.4, -0.2) is 43.1 Å². The molecule has 76 valence electrons. The summed E-state index contributed by atoms with van der Waals surface area (Å²) < 4.78 is 22.0. The van der Waals surface area contributed by atoms with Gasteiger partial charge in [0.05, 0.1) is 23.7 Å². The lowest BCUT2D eigenvalue weighted by Gasteiger charge is -2.17. The third-order valence-corrected chi connectivity index (χ3v) is 3.90. The molecule has 1 amide bonds. The molecule has 0 aromatic rings. The van der Waals surface area contributed by atoms with Crippen LogP contribution in [0.25, 0.3) is 0 Å². The van der Waals surface area contributed by atoms with E-state index in [0.717, 1.165) is 0 Å². The average molecular weight is 208 g/mol. The summed E-state index contributed by atoms with van der Waals surface area (Å²) in [5, 5.41) is 9.28. The summed E-state index contributed by atoms with van der Waals surface area (Å²) in [7, 11) is -3.26. The first-order valence-electron chi connectivity index (χ1n) is 3.77. The highest BCUT2D eigenvalue weighted by molar-refractivity contribution is 7.91. The van der Waals surface area contributed by atoms with Gasteiger partial charge in [-0.3, -0.25) is 4.79 Å². The number of aliphatic hydroxyl groups excluding tert-OH is 1. The molecule has 1 heterocycles. The first kappa shape index (κ1) is 10.4. The fourth-order valence-corrected chi connectivity index (χ4v) is 3.33. The molecule has 1 saturated heterocycles. The number of amides is 1. The molecule has 3 unspecified atom stereocenters. The molecule has 0 aromatic heterocycles. The van der Waals surface area contributed by atoms with Crippen LogP contribution in [0.5, 0.6) is 0 Å². The maximum Gasteiger partial charge on any atom is 0.234 e. The average Bonchev–Trinajstić information content (AvgIpc) is 2.22. The molecular weight excluding hydrogens is 196 g/mol. The van der Waals surface area contributed by atoms with E-state index in [1.807, 2.05) is 0 Å². The number of primary amides is 1. The molecule has 0 spiro atoms. The lowest BCUT2D eigenvalue weighted by Crippen LogP contribution is -2.46. The van der Waals surface area contributed by atoms with Crippen LogP contribution in [0.1, 0.15) is 0 Å². The molecule has 1 aliphatic heterocycles. The third kappa shape index (κ3) is 2.17. The molecule has 1 fully saturated rings. The molecule has 0 aliphatic carbocycles. The van der Waals surface area contributed by atoms with Crippen LogP contribution in [0.4, 0.5) is 0 Å². The maximum absolute atomic E-state index is 11.0. The fraction of sp³-hybridized carbons (Fsp3) is 0.833. The van der Waals surface area contributed by atoms with Crippen molar-refractivity contribution in [1.82, 2.24) is 0 Å². The minimum atomic E-state index is -3.26. The number of rotatable bonds is 2. The highest BCUT2D eigenvalue weighted by Gasteiger charge is 2.41. The standard InChI is InChI=1S/C6H12N2O4S/c7-5(6(8)10)3-1-13(11,12)2-4(3)9/h3-5,9H,1-2,7H2,(H2,8,10). The summed E-state index contributed by atoms with van der Waals surface area (Å²) >= 11 is 0. The Kier molecular flexibility index (Phi) is 2.60. The predicted molar refractivity (Wildman–Crippen MR) is 45.3 cm³/mol. The van der Waals surface area contributed by atoms with Gasteiger partial charge in [-0.05, 0) is 0 Å². The number of nitrogens with two attached hydrogens (primary N) is 2. The Morgan fingerprint density at radius 3 is 2.31 bits per heavy atom. The molecule has 3 atom stereocenters. The summed E-state index contributed by atoms with van der Waals surface area (Å²) in [5.41, 5.74) is 10.2. The van der Waals surface area contributed by atoms with Crippen molar-refractivity contribution in [1.29, 1.82) is 0 Å². The molecule has 0 bridgehead atoms. The van der Waals surface area contributed by atoms with Gasteiger partial charge in [-0.25, -0.2) is 8.42 Å². The molecule has 1 rings (SSSR count). The minimum absolute atomic E-state index is 0.266. The van der Waals surface area contributed by atoms with Gasteiger partial charge in [0.1, 0.15) is 0 Å². The summed E-state index contributed by atoms with van der Waals surface area (Å²) in [6.45, 7) is 0. The summed E-state index contributed by atoms with van der Waals surface area (Å²) in [5.74, 6) is -2.15. The van der Waals surface area contributed by atoms with E-state index in [-0.39, 0.29) is 11.5 Å². The van der Waals surface area contributed by atoms with Gasteiger partial charge in [0.2, 0.25) is 5.91 Å². The van der Waals surface area contributed by atoms with Crippen LogP contribution in [0, 0.1) is 5.92 Å². The smallest absolute Gasteiger partial charge is 0.234 e. The SMILES string of the molecule is NC(=O)C(N)C1CS(=O)(=O)CC1O. The summed E-state index contributed by atoms with van der Waals surface area (Å²) in [6, 6.07) is -1.09. The Balaban J connectivity index is 2.79. The van der Waals surface area contributed by atoms with E-state index in [0.29, 0.717) is 0 Å². The van der Waals surface area contributed by atoms with E-state index in [4.69, 9.17) is 11.5 Å². The zero-order valence-electron chi connectivity index (χ0n) is 6.88. The van der Waals surface area contributed by atoms with Crippen molar-refractivity contribution in [3.05, 3.63) is 0 Å². The van der Waals surface area contributed by atoms with Crippen LogP contribution in [0.15, 0.2) is 0 Å². The first-order valence-corrected chi connectivity index (χ1v) is 5.59. The number of hydrogen-bond acceptors (Lipinski definition) is 5. The Hall–Kier alpha value is -0.660. The van der Waals surface area contributed by atoms with Crippen molar-refractivity contribution in [2.45, 2.75) is 12.1 Å². The molecule has 6 nitrogen and oxygen atoms in total. The van der Waals surface area contributed by atoms with Gasteiger partial charge in [-0.1, -0.05) is 0 Å². The lowest BCUT2D eigenvalue weighted by atomic mass is 9.97. The molecular formula is C6H12N2O4S. The number of carbonyl (C=O) groups excluding carboxylic acids is 1. The Labute approximate surface area is 75.8 Å². The van der Waals surface area contributed by atoms with E-state index < -0.39 is 33.8 Å². The second kappa shape index (κ2) is 3.24. The van der Waals surface area contributed by atoms with E-state index >= 15 is 0 Å². The molecule has 0 saturated carbocycles. The summed E-state index contributed by atoms with van der Waals surface area (Å²) in [6.07, 6.45) is -1.08. The van der Waals surface area contributed by atoms with Crippen LogP contribution in [-0.2, 0) is 14.6 Å². The normalized spacial score (nSPS) is 34.3. The highest BCUT2D eigenvalue weighted by Crippen LogP contribution is 2.21. The van der Waals surface area contributed by atoms with E-state index in [9.17, 15) is 18.3 Å². The van der Waals surface area contributed by atoms with Crippen molar-refractivity contribution in [2.75, 3.05) is 11.5 Å². The number of sulfone groups is 1. The number of carbonyl (C=O) groups is 1. The molecule has 5 N–H and O–H groups in total. The number of aliphatic hydroxyl groups is 1. The van der Waals surface area contributed by atoms with E-state index in [1.165, 1.54) is 0 Å².